The number of carbonyl (C=O) groups is 1. The van der Waals surface area contributed by atoms with Crippen molar-refractivity contribution in [2.75, 3.05) is 14.2 Å². The molecule has 0 saturated heterocycles. The minimum absolute atomic E-state index is 0.391. The van der Waals surface area contributed by atoms with Crippen LogP contribution in [0.25, 0.3) is 5.57 Å². The normalized spacial score (nSPS) is 20.0. The average Bonchev–Trinajstić information content (AvgIpc) is 2.98. The van der Waals surface area contributed by atoms with Crippen LogP contribution in [-0.2, 0) is 4.79 Å². The summed E-state index contributed by atoms with van der Waals surface area (Å²) in [5, 5.41) is 11.3. The van der Waals surface area contributed by atoms with Gasteiger partial charge in [0.25, 0.3) is 0 Å². The zero-order chi connectivity index (χ0) is 19.0. The van der Waals surface area contributed by atoms with Gasteiger partial charge in [0.15, 0.2) is 0 Å². The molecule has 1 unspecified atom stereocenters. The summed E-state index contributed by atoms with van der Waals surface area (Å²) >= 11 is 0. The van der Waals surface area contributed by atoms with Crippen LogP contribution in [0.3, 0.4) is 0 Å². The molecule has 5 nitrogen and oxygen atoms in total. The molecule has 0 fully saturated rings. The molecule has 0 radical (unpaired) electrons. The average molecular weight is 352 g/mol. The number of nitrogens with two attached hydrogens (primary N) is 1. The molecule has 26 heavy (non-hydrogen) atoms. The summed E-state index contributed by atoms with van der Waals surface area (Å²) in [6.07, 6.45) is 6.60. The minimum Gasteiger partial charge on any atom is -0.550 e. The lowest BCUT2D eigenvalue weighted by Crippen LogP contribution is -2.82. The SMILES string of the molecule is CC(=O)[O-].COc1ccc2c(c1)C1=C(C)C3=CN(C)C=CC3=C(C)C1[NH2+]2. The fraction of sp³-hybridized carbons (Fsp3) is 0.286. The van der Waals surface area contributed by atoms with E-state index in [1.807, 2.05) is 6.07 Å². The second kappa shape index (κ2) is 6.84. The Bertz CT molecular complexity index is 887. The van der Waals surface area contributed by atoms with Gasteiger partial charge in [-0.3, -0.25) is 0 Å². The van der Waals surface area contributed by atoms with Crippen molar-refractivity contribution in [3.8, 4) is 5.75 Å². The number of allylic oxidation sites excluding steroid dienone is 4. The Hall–Kier alpha value is -2.79. The van der Waals surface area contributed by atoms with Gasteiger partial charge >= 0.3 is 0 Å². The fourth-order valence-corrected chi connectivity index (χ4v) is 3.80. The number of aliphatic carboxylic acids is 1. The summed E-state index contributed by atoms with van der Waals surface area (Å²) in [6, 6.07) is 6.78. The number of benzene rings is 1. The molecule has 0 saturated carbocycles. The molecule has 1 aliphatic carbocycles. The molecular formula is C21H24N2O3. The second-order valence-electron chi connectivity index (χ2n) is 6.75. The number of carbonyl (C=O) groups excluding carboxylic acids is 1. The third kappa shape index (κ3) is 3.06. The summed E-state index contributed by atoms with van der Waals surface area (Å²) in [7, 11) is 3.81. The lowest BCUT2D eigenvalue weighted by molar-refractivity contribution is -0.581. The molecule has 0 amide bonds. The van der Waals surface area contributed by atoms with Crippen molar-refractivity contribution in [1.82, 2.24) is 4.90 Å². The highest BCUT2D eigenvalue weighted by molar-refractivity contribution is 5.88. The molecule has 1 aromatic carbocycles. The van der Waals surface area contributed by atoms with Gasteiger partial charge in [0, 0.05) is 48.2 Å². The first-order chi connectivity index (χ1) is 12.3. The van der Waals surface area contributed by atoms with Gasteiger partial charge in [-0.2, -0.15) is 0 Å². The maximum Gasteiger partial charge on any atom is 0.140 e. The molecule has 0 spiro atoms. The molecule has 2 aliphatic heterocycles. The molecule has 0 bridgehead atoms. The number of methoxy groups -OCH3 is 1. The van der Waals surface area contributed by atoms with Gasteiger partial charge in [-0.05, 0) is 55.7 Å². The van der Waals surface area contributed by atoms with E-state index >= 15 is 0 Å². The maximum absolute atomic E-state index is 8.89. The molecule has 1 aromatic rings. The first-order valence-electron chi connectivity index (χ1n) is 8.58. The van der Waals surface area contributed by atoms with Crippen molar-refractivity contribution in [1.29, 1.82) is 0 Å². The molecule has 5 heteroatoms. The second-order valence-corrected chi connectivity index (χ2v) is 6.75. The lowest BCUT2D eigenvalue weighted by Gasteiger charge is -2.29. The van der Waals surface area contributed by atoms with Crippen LogP contribution >= 0.6 is 0 Å². The van der Waals surface area contributed by atoms with E-state index in [9.17, 15) is 0 Å². The molecule has 136 valence electrons. The van der Waals surface area contributed by atoms with Crippen molar-refractivity contribution >= 4 is 17.2 Å². The highest BCUT2D eigenvalue weighted by Crippen LogP contribution is 2.44. The molecule has 4 rings (SSSR count). The van der Waals surface area contributed by atoms with Crippen molar-refractivity contribution < 1.29 is 20.0 Å². The third-order valence-electron chi connectivity index (χ3n) is 5.01. The highest BCUT2D eigenvalue weighted by Gasteiger charge is 2.39. The number of carboxylic acids is 1. The van der Waals surface area contributed by atoms with Gasteiger partial charge in [0.05, 0.1) is 7.11 Å². The number of ether oxygens (including phenoxy) is 1. The van der Waals surface area contributed by atoms with E-state index < -0.39 is 5.97 Å². The largest absolute Gasteiger partial charge is 0.550 e. The topological polar surface area (TPSA) is 69.2 Å². The number of rotatable bonds is 1. The zero-order valence-electron chi connectivity index (χ0n) is 15.8. The fourth-order valence-electron chi connectivity index (χ4n) is 3.80. The first kappa shape index (κ1) is 18.0. The van der Waals surface area contributed by atoms with Crippen molar-refractivity contribution in [3.05, 3.63) is 64.5 Å². The van der Waals surface area contributed by atoms with E-state index in [4.69, 9.17) is 14.6 Å². The summed E-state index contributed by atoms with van der Waals surface area (Å²) in [5.41, 5.74) is 9.61. The number of nitrogens with zero attached hydrogens (tertiary/aromatic N) is 1. The summed E-state index contributed by atoms with van der Waals surface area (Å²) in [5.74, 6) is -0.157. The van der Waals surface area contributed by atoms with Gasteiger partial charge in [-0.1, -0.05) is 0 Å². The highest BCUT2D eigenvalue weighted by atomic mass is 16.5. The quantitative estimate of drug-likeness (QED) is 0.777. The molecule has 2 N–H and O–H groups in total. The van der Waals surface area contributed by atoms with E-state index in [1.165, 1.54) is 39.1 Å². The Kier molecular flexibility index (Phi) is 4.74. The van der Waals surface area contributed by atoms with Gasteiger partial charge in [-0.15, -0.1) is 0 Å². The molecular weight excluding hydrogens is 328 g/mol. The van der Waals surface area contributed by atoms with Gasteiger partial charge in [0.1, 0.15) is 17.5 Å². The smallest absolute Gasteiger partial charge is 0.140 e. The number of hydrogen-bond donors (Lipinski definition) is 1. The van der Waals surface area contributed by atoms with Crippen LogP contribution in [0, 0.1) is 0 Å². The minimum atomic E-state index is -1.08. The number of quaternary nitrogens is 1. The third-order valence-corrected chi connectivity index (χ3v) is 5.01. The van der Waals surface area contributed by atoms with Gasteiger partial charge in [0.2, 0.25) is 0 Å². The molecule has 2 heterocycles. The standard InChI is InChI=1S/C19H20N2O.C2H4O2/c1-11-16-10-21(3)8-7-14(16)12(2)19-18(11)15-9-13(22-4)5-6-17(15)20-19;1-2(3)4/h5-10,19-20H,1-4H3;1H3,(H,3,4). The van der Waals surface area contributed by atoms with E-state index in [0.29, 0.717) is 6.04 Å². The Morgan fingerprint density at radius 2 is 2.00 bits per heavy atom. The Labute approximate surface area is 154 Å². The van der Waals surface area contributed by atoms with E-state index in [-0.39, 0.29) is 0 Å². The molecule has 1 atom stereocenters. The molecule has 0 aromatic heterocycles. The predicted octanol–water partition coefficient (Wildman–Crippen LogP) is 1.48. The summed E-state index contributed by atoms with van der Waals surface area (Å²) < 4.78 is 5.42. The van der Waals surface area contributed by atoms with Crippen molar-refractivity contribution in [2.45, 2.75) is 26.8 Å². The van der Waals surface area contributed by atoms with E-state index in [2.05, 4.69) is 61.7 Å². The molecule has 3 aliphatic rings. The van der Waals surface area contributed by atoms with Crippen LogP contribution in [-0.4, -0.2) is 31.1 Å². The van der Waals surface area contributed by atoms with Crippen LogP contribution < -0.4 is 15.2 Å². The van der Waals surface area contributed by atoms with Gasteiger partial charge < -0.3 is 24.9 Å². The number of fused-ring (bicyclic) bond motifs is 4. The van der Waals surface area contributed by atoms with Crippen LogP contribution in [0.5, 0.6) is 5.75 Å². The maximum atomic E-state index is 8.89. The van der Waals surface area contributed by atoms with Crippen LogP contribution in [0.2, 0.25) is 0 Å². The van der Waals surface area contributed by atoms with E-state index in [1.54, 1.807) is 7.11 Å². The van der Waals surface area contributed by atoms with Crippen LogP contribution in [0.15, 0.2) is 59.0 Å². The zero-order valence-corrected chi connectivity index (χ0v) is 15.8. The Morgan fingerprint density at radius 1 is 1.31 bits per heavy atom. The van der Waals surface area contributed by atoms with Crippen LogP contribution in [0.4, 0.5) is 5.69 Å². The number of hydrogen-bond acceptors (Lipinski definition) is 4. The van der Waals surface area contributed by atoms with Crippen molar-refractivity contribution in [3.63, 3.8) is 0 Å². The Balaban J connectivity index is 0.000000447. The predicted molar refractivity (Wildman–Crippen MR) is 99.3 cm³/mol. The summed E-state index contributed by atoms with van der Waals surface area (Å²) in [6.45, 7) is 5.48. The Morgan fingerprint density at radius 3 is 2.65 bits per heavy atom. The lowest BCUT2D eigenvalue weighted by atomic mass is 9.79. The van der Waals surface area contributed by atoms with Crippen LogP contribution in [0.1, 0.15) is 26.3 Å². The van der Waals surface area contributed by atoms with E-state index in [0.717, 1.165) is 12.7 Å². The van der Waals surface area contributed by atoms with Crippen molar-refractivity contribution in [2.24, 2.45) is 0 Å². The summed E-state index contributed by atoms with van der Waals surface area (Å²) in [4.78, 5) is 11.0. The number of carboxylic acid groups (broad SMARTS) is 1. The first-order valence-corrected chi connectivity index (χ1v) is 8.58. The monoisotopic (exact) mass is 352 g/mol. The van der Waals surface area contributed by atoms with Gasteiger partial charge in [-0.25, -0.2) is 0 Å².